The van der Waals surface area contributed by atoms with Gasteiger partial charge in [0.1, 0.15) is 0 Å². The number of fused-ring (bicyclic) bond motifs is 2. The summed E-state index contributed by atoms with van der Waals surface area (Å²) in [7, 11) is 0. The molecule has 2 nitrogen and oxygen atoms in total. The summed E-state index contributed by atoms with van der Waals surface area (Å²) in [6, 6.07) is 57.4. The molecule has 2 heteroatoms. The molecule has 0 atom stereocenters. The van der Waals surface area contributed by atoms with Gasteiger partial charge in [-0.1, -0.05) is 152 Å². The maximum absolute atomic E-state index is 14.5. The predicted molar refractivity (Wildman–Crippen MR) is 192 cm³/mol. The molecule has 220 valence electrons. The molecule has 7 aromatic carbocycles. The topological polar surface area (TPSA) is 20.3 Å². The Labute approximate surface area is 270 Å². The van der Waals surface area contributed by atoms with Crippen LogP contribution in [0.15, 0.2) is 164 Å². The van der Waals surface area contributed by atoms with Gasteiger partial charge in [0.05, 0.1) is 16.8 Å². The van der Waals surface area contributed by atoms with Gasteiger partial charge in [0.25, 0.3) is 0 Å². The SMILES string of the molecule is CC1(C)C(=O)N(c2cccc3c(-c4ccccc4)c(-c4ccccc4)c(-c4ccccc4)c(-c4ccccc4)c23)c2ccccc21. The van der Waals surface area contributed by atoms with E-state index in [1.54, 1.807) is 0 Å². The number of amides is 1. The van der Waals surface area contributed by atoms with Crippen molar-refractivity contribution in [1.82, 2.24) is 0 Å². The molecule has 0 aromatic heterocycles. The maximum atomic E-state index is 14.5. The Bertz CT molecular complexity index is 2220. The van der Waals surface area contributed by atoms with Crippen LogP contribution in [-0.2, 0) is 10.2 Å². The van der Waals surface area contributed by atoms with Crippen LogP contribution in [0.4, 0.5) is 11.4 Å². The van der Waals surface area contributed by atoms with Crippen molar-refractivity contribution < 1.29 is 4.79 Å². The van der Waals surface area contributed by atoms with Gasteiger partial charge in [-0.2, -0.15) is 0 Å². The molecule has 0 bridgehead atoms. The Kier molecular flexibility index (Phi) is 6.65. The van der Waals surface area contributed by atoms with Gasteiger partial charge in [0, 0.05) is 10.9 Å². The van der Waals surface area contributed by atoms with Crippen LogP contribution in [0.1, 0.15) is 19.4 Å². The molecular weight excluding hydrogens is 558 g/mol. The van der Waals surface area contributed by atoms with Crippen LogP contribution in [-0.4, -0.2) is 5.91 Å². The number of nitrogens with zero attached hydrogens (tertiary/aromatic N) is 1. The molecule has 0 spiro atoms. The fourth-order valence-electron chi connectivity index (χ4n) is 7.23. The van der Waals surface area contributed by atoms with E-state index < -0.39 is 5.41 Å². The normalized spacial score (nSPS) is 13.6. The zero-order chi connectivity index (χ0) is 31.3. The van der Waals surface area contributed by atoms with Crippen molar-refractivity contribution >= 4 is 28.1 Å². The van der Waals surface area contributed by atoms with Gasteiger partial charge in [0.15, 0.2) is 0 Å². The van der Waals surface area contributed by atoms with Crippen LogP contribution >= 0.6 is 0 Å². The molecule has 0 N–H and O–H groups in total. The Morgan fingerprint density at radius 1 is 0.413 bits per heavy atom. The van der Waals surface area contributed by atoms with E-state index in [0.717, 1.165) is 66.7 Å². The van der Waals surface area contributed by atoms with Gasteiger partial charge in [0.2, 0.25) is 5.91 Å². The largest absolute Gasteiger partial charge is 0.279 e. The van der Waals surface area contributed by atoms with Crippen molar-refractivity contribution in [1.29, 1.82) is 0 Å². The molecular formula is C44H33NO. The third kappa shape index (κ3) is 4.29. The summed E-state index contributed by atoms with van der Waals surface area (Å²) < 4.78 is 0. The van der Waals surface area contributed by atoms with Gasteiger partial charge in [-0.15, -0.1) is 0 Å². The molecule has 1 amide bonds. The highest BCUT2D eigenvalue weighted by molar-refractivity contribution is 6.25. The summed E-state index contributed by atoms with van der Waals surface area (Å²) in [5.74, 6) is 0.0786. The molecule has 0 saturated carbocycles. The van der Waals surface area contributed by atoms with E-state index in [1.165, 1.54) is 5.56 Å². The lowest BCUT2D eigenvalue weighted by Gasteiger charge is -2.28. The van der Waals surface area contributed by atoms with Crippen molar-refractivity contribution in [3.63, 3.8) is 0 Å². The first-order valence-corrected chi connectivity index (χ1v) is 15.8. The molecule has 0 saturated heterocycles. The lowest BCUT2D eigenvalue weighted by atomic mass is 9.78. The number of carbonyl (C=O) groups excluding carboxylic acids is 1. The van der Waals surface area contributed by atoms with Crippen molar-refractivity contribution in [2.45, 2.75) is 19.3 Å². The van der Waals surface area contributed by atoms with Crippen LogP contribution in [0, 0.1) is 0 Å². The Morgan fingerprint density at radius 3 is 1.37 bits per heavy atom. The number of anilines is 2. The van der Waals surface area contributed by atoms with E-state index >= 15 is 0 Å². The quantitative estimate of drug-likeness (QED) is 0.195. The molecule has 1 aliphatic rings. The number of para-hydroxylation sites is 1. The predicted octanol–water partition coefficient (Wildman–Crippen LogP) is 11.5. The fourth-order valence-corrected chi connectivity index (χ4v) is 7.23. The van der Waals surface area contributed by atoms with E-state index in [1.807, 2.05) is 30.9 Å². The number of carbonyl (C=O) groups is 1. The molecule has 0 fully saturated rings. The highest BCUT2D eigenvalue weighted by Gasteiger charge is 2.45. The molecule has 8 rings (SSSR count). The highest BCUT2D eigenvalue weighted by Crippen LogP contribution is 2.55. The van der Waals surface area contributed by atoms with E-state index in [4.69, 9.17) is 0 Å². The third-order valence-electron chi connectivity index (χ3n) is 9.36. The minimum atomic E-state index is -0.653. The molecule has 0 unspecified atom stereocenters. The number of hydrogen-bond donors (Lipinski definition) is 0. The monoisotopic (exact) mass is 591 g/mol. The lowest BCUT2D eigenvalue weighted by molar-refractivity contribution is -0.121. The van der Waals surface area contributed by atoms with Gasteiger partial charge in [-0.3, -0.25) is 9.69 Å². The van der Waals surface area contributed by atoms with Gasteiger partial charge in [-0.05, 0) is 75.9 Å². The highest BCUT2D eigenvalue weighted by atomic mass is 16.2. The zero-order valence-electron chi connectivity index (χ0n) is 25.9. The molecule has 0 aliphatic carbocycles. The average Bonchev–Trinajstić information content (AvgIpc) is 3.32. The average molecular weight is 592 g/mol. The summed E-state index contributed by atoms with van der Waals surface area (Å²) in [4.78, 5) is 16.5. The first-order chi connectivity index (χ1) is 22.6. The second-order valence-corrected chi connectivity index (χ2v) is 12.4. The van der Waals surface area contributed by atoms with E-state index in [-0.39, 0.29) is 5.91 Å². The molecule has 1 aliphatic heterocycles. The summed E-state index contributed by atoms with van der Waals surface area (Å²) in [6.07, 6.45) is 0. The van der Waals surface area contributed by atoms with Crippen LogP contribution in [0.25, 0.3) is 55.3 Å². The fraction of sp³-hybridized carbons (Fsp3) is 0.0682. The van der Waals surface area contributed by atoms with E-state index in [0.29, 0.717) is 0 Å². The smallest absolute Gasteiger partial charge is 0.241 e. The standard InChI is InChI=1S/C44H33NO/c1-44(2)35-27-15-16-28-36(35)45(43(44)46)37-29-17-26-34-38(30-18-7-3-8-19-30)39(31-20-9-4-10-21-31)40(32-22-11-5-12-23-32)41(42(34)37)33-24-13-6-14-25-33/h3-29H,1-2H3. The Morgan fingerprint density at radius 2 is 0.826 bits per heavy atom. The first-order valence-electron chi connectivity index (χ1n) is 15.8. The minimum Gasteiger partial charge on any atom is -0.279 e. The lowest BCUT2D eigenvalue weighted by Crippen LogP contribution is -2.33. The first kappa shape index (κ1) is 27.8. The van der Waals surface area contributed by atoms with Crippen LogP contribution < -0.4 is 4.90 Å². The molecule has 1 heterocycles. The summed E-state index contributed by atoms with van der Waals surface area (Å²) in [6.45, 7) is 4.07. The number of benzene rings is 7. The van der Waals surface area contributed by atoms with Crippen LogP contribution in [0.2, 0.25) is 0 Å². The van der Waals surface area contributed by atoms with Crippen LogP contribution in [0.5, 0.6) is 0 Å². The van der Waals surface area contributed by atoms with E-state index in [9.17, 15) is 4.79 Å². The van der Waals surface area contributed by atoms with Crippen molar-refractivity contribution in [2.24, 2.45) is 0 Å². The van der Waals surface area contributed by atoms with Crippen molar-refractivity contribution in [3.8, 4) is 44.5 Å². The summed E-state index contributed by atoms with van der Waals surface area (Å²) >= 11 is 0. The summed E-state index contributed by atoms with van der Waals surface area (Å²) in [5.41, 5.74) is 11.3. The summed E-state index contributed by atoms with van der Waals surface area (Å²) in [5, 5.41) is 2.17. The van der Waals surface area contributed by atoms with E-state index in [2.05, 4.69) is 152 Å². The second-order valence-electron chi connectivity index (χ2n) is 12.4. The van der Waals surface area contributed by atoms with Crippen LogP contribution in [0.3, 0.4) is 0 Å². The number of rotatable bonds is 5. The molecule has 46 heavy (non-hydrogen) atoms. The Balaban J connectivity index is 1.63. The zero-order valence-corrected chi connectivity index (χ0v) is 25.9. The van der Waals surface area contributed by atoms with Crippen molar-refractivity contribution in [3.05, 3.63) is 169 Å². The van der Waals surface area contributed by atoms with Gasteiger partial charge in [-0.25, -0.2) is 0 Å². The number of hydrogen-bond acceptors (Lipinski definition) is 1. The third-order valence-corrected chi connectivity index (χ3v) is 9.36. The van der Waals surface area contributed by atoms with Gasteiger partial charge < -0.3 is 0 Å². The second kappa shape index (κ2) is 11.0. The minimum absolute atomic E-state index is 0.0786. The maximum Gasteiger partial charge on any atom is 0.241 e. The Hall–Kier alpha value is -5.73. The van der Waals surface area contributed by atoms with Gasteiger partial charge >= 0.3 is 0 Å². The van der Waals surface area contributed by atoms with Crippen molar-refractivity contribution in [2.75, 3.05) is 4.90 Å². The molecule has 0 radical (unpaired) electrons. The molecule has 7 aromatic rings.